The van der Waals surface area contributed by atoms with Crippen LogP contribution < -0.4 is 5.32 Å². The number of hydrogen-bond donors (Lipinski definition) is 3. The van der Waals surface area contributed by atoms with Gasteiger partial charge in [0.15, 0.2) is 0 Å². The number of halogens is 1. The molecule has 0 spiro atoms. The highest BCUT2D eigenvalue weighted by Crippen LogP contribution is 2.41. The minimum atomic E-state index is -0.196. The lowest BCUT2D eigenvalue weighted by molar-refractivity contribution is -0.114. The van der Waals surface area contributed by atoms with E-state index in [9.17, 15) is 9.90 Å². The second-order valence-corrected chi connectivity index (χ2v) is 7.62. The van der Waals surface area contributed by atoms with Crippen molar-refractivity contribution in [3.05, 3.63) is 59.5 Å². The Kier molecular flexibility index (Phi) is 5.39. The number of carbonyl (C=O) groups is 1. The van der Waals surface area contributed by atoms with Gasteiger partial charge in [-0.05, 0) is 29.8 Å². The predicted molar refractivity (Wildman–Crippen MR) is 114 cm³/mol. The summed E-state index contributed by atoms with van der Waals surface area (Å²) in [6, 6.07) is 8.93. The minimum absolute atomic E-state index is 0.0956. The number of nitrogens with zero attached hydrogens (tertiary/aromatic N) is 3. The van der Waals surface area contributed by atoms with Gasteiger partial charge in [-0.2, -0.15) is 0 Å². The van der Waals surface area contributed by atoms with Crippen LogP contribution in [0.5, 0.6) is 0 Å². The van der Waals surface area contributed by atoms with Crippen molar-refractivity contribution >= 4 is 34.7 Å². The molecule has 0 aliphatic rings. The summed E-state index contributed by atoms with van der Waals surface area (Å²) >= 11 is 7.90. The first kappa shape index (κ1) is 19.3. The van der Waals surface area contributed by atoms with E-state index in [1.54, 1.807) is 36.8 Å². The van der Waals surface area contributed by atoms with Crippen LogP contribution in [-0.4, -0.2) is 30.9 Å². The Bertz CT molecular complexity index is 1170. The summed E-state index contributed by atoms with van der Waals surface area (Å²) in [7, 11) is 0. The monoisotopic (exact) mass is 425 g/mol. The third kappa shape index (κ3) is 4.04. The van der Waals surface area contributed by atoms with E-state index >= 15 is 0 Å². The maximum Gasteiger partial charge on any atom is 0.222 e. The van der Waals surface area contributed by atoms with Crippen molar-refractivity contribution in [3.8, 4) is 32.5 Å². The summed E-state index contributed by atoms with van der Waals surface area (Å²) in [4.78, 5) is 28.6. The van der Waals surface area contributed by atoms with Crippen molar-refractivity contribution in [2.24, 2.45) is 0 Å². The van der Waals surface area contributed by atoms with Gasteiger partial charge in [-0.15, -0.1) is 11.3 Å². The zero-order chi connectivity index (χ0) is 20.4. The lowest BCUT2D eigenvalue weighted by Gasteiger charge is -2.06. The van der Waals surface area contributed by atoms with Crippen molar-refractivity contribution < 1.29 is 9.90 Å². The molecule has 0 unspecified atom stereocenters. The van der Waals surface area contributed by atoms with Crippen molar-refractivity contribution in [3.63, 3.8) is 0 Å². The molecule has 0 aliphatic heterocycles. The van der Waals surface area contributed by atoms with E-state index in [0.29, 0.717) is 27.9 Å². The molecule has 0 saturated carbocycles. The number of aliphatic hydroxyl groups is 1. The second-order valence-electron chi connectivity index (χ2n) is 6.22. The maximum atomic E-state index is 11.3. The highest BCUT2D eigenvalue weighted by atomic mass is 35.5. The fourth-order valence-electron chi connectivity index (χ4n) is 2.84. The van der Waals surface area contributed by atoms with Gasteiger partial charge in [0, 0.05) is 36.6 Å². The molecule has 1 amide bonds. The highest BCUT2D eigenvalue weighted by molar-refractivity contribution is 7.18. The molecule has 0 aliphatic carbocycles. The number of carbonyl (C=O) groups excluding carboxylic acids is 1. The first-order valence-electron chi connectivity index (χ1n) is 8.69. The number of aromatic amines is 1. The summed E-state index contributed by atoms with van der Waals surface area (Å²) in [5.41, 5.74) is 2.92. The third-order valence-corrected chi connectivity index (χ3v) is 5.56. The molecule has 3 heterocycles. The number of benzene rings is 1. The van der Waals surface area contributed by atoms with Crippen molar-refractivity contribution in [2.45, 2.75) is 13.5 Å². The molecule has 0 radical (unpaired) electrons. The number of nitrogens with one attached hydrogen (secondary N) is 2. The van der Waals surface area contributed by atoms with E-state index in [1.807, 2.05) is 12.1 Å². The number of hydrogen-bond acceptors (Lipinski definition) is 6. The van der Waals surface area contributed by atoms with E-state index in [0.717, 1.165) is 21.0 Å². The number of H-pyrrole nitrogens is 1. The fraction of sp³-hybridized carbons (Fsp3) is 0.100. The van der Waals surface area contributed by atoms with E-state index < -0.39 is 0 Å². The van der Waals surface area contributed by atoms with E-state index in [-0.39, 0.29) is 12.5 Å². The molecule has 0 bridgehead atoms. The Hall–Kier alpha value is -3.07. The van der Waals surface area contributed by atoms with Crippen LogP contribution in [0.25, 0.3) is 32.5 Å². The summed E-state index contributed by atoms with van der Waals surface area (Å²) in [6.45, 7) is 1.34. The summed E-state index contributed by atoms with van der Waals surface area (Å²) in [5.74, 6) is 0.926. The van der Waals surface area contributed by atoms with E-state index in [2.05, 4.69) is 20.3 Å². The lowest BCUT2D eigenvalue weighted by atomic mass is 10.1. The molecule has 4 rings (SSSR count). The molecular formula is C20H16ClN5O2S. The molecule has 0 atom stereocenters. The first-order chi connectivity index (χ1) is 14.0. The smallest absolute Gasteiger partial charge is 0.222 e. The zero-order valence-electron chi connectivity index (χ0n) is 15.3. The fourth-order valence-corrected chi connectivity index (χ4v) is 4.08. The Morgan fingerprint density at radius 2 is 2.10 bits per heavy atom. The Morgan fingerprint density at radius 3 is 2.83 bits per heavy atom. The molecule has 29 heavy (non-hydrogen) atoms. The van der Waals surface area contributed by atoms with Crippen LogP contribution in [0.4, 0.5) is 5.82 Å². The number of aliphatic hydroxyl groups excluding tert-OH is 1. The van der Waals surface area contributed by atoms with Crippen LogP contribution in [0.1, 0.15) is 12.5 Å². The number of amides is 1. The normalized spacial score (nSPS) is 10.9. The minimum Gasteiger partial charge on any atom is -0.392 e. The maximum absolute atomic E-state index is 11.3. The van der Waals surface area contributed by atoms with Gasteiger partial charge < -0.3 is 15.4 Å². The van der Waals surface area contributed by atoms with Gasteiger partial charge in [0.2, 0.25) is 5.91 Å². The van der Waals surface area contributed by atoms with Crippen LogP contribution in [0.2, 0.25) is 5.02 Å². The Balaban J connectivity index is 1.87. The summed E-state index contributed by atoms with van der Waals surface area (Å²) < 4.78 is 0. The van der Waals surface area contributed by atoms with E-state index in [4.69, 9.17) is 16.6 Å². The quantitative estimate of drug-likeness (QED) is 0.440. The third-order valence-electron chi connectivity index (χ3n) is 4.12. The van der Waals surface area contributed by atoms with Gasteiger partial charge in [0.05, 0.1) is 22.2 Å². The molecule has 3 N–H and O–H groups in total. The van der Waals surface area contributed by atoms with Crippen LogP contribution in [0.3, 0.4) is 0 Å². The van der Waals surface area contributed by atoms with Crippen LogP contribution in [0, 0.1) is 0 Å². The standard InChI is InChI=1S/C20H16ClN5O2S/c1-11(28)25-16-9-13(4-5-22-16)20-26-17(18(29-20)19-23-6-7-24-19)14-8-12(10-27)2-3-15(14)21/h2-9,27H,10H2,1H3,(H,23,24)(H,22,25,28). The van der Waals surface area contributed by atoms with Gasteiger partial charge in [-0.25, -0.2) is 15.0 Å². The number of pyridine rings is 1. The Morgan fingerprint density at radius 1 is 1.24 bits per heavy atom. The van der Waals surface area contributed by atoms with Gasteiger partial charge in [-0.1, -0.05) is 17.7 Å². The second kappa shape index (κ2) is 8.12. The molecule has 0 saturated heterocycles. The molecule has 1 aromatic carbocycles. The number of imidazole rings is 1. The van der Waals surface area contributed by atoms with Gasteiger partial charge in [0.1, 0.15) is 16.6 Å². The van der Waals surface area contributed by atoms with Crippen molar-refractivity contribution in [2.75, 3.05) is 5.32 Å². The number of thiazole rings is 1. The molecule has 4 aromatic rings. The predicted octanol–water partition coefficient (Wildman–Crippen LogP) is 4.37. The summed E-state index contributed by atoms with van der Waals surface area (Å²) in [6.07, 6.45) is 5.03. The van der Waals surface area contributed by atoms with Gasteiger partial charge in [-0.3, -0.25) is 4.79 Å². The molecule has 0 fully saturated rings. The van der Waals surface area contributed by atoms with E-state index in [1.165, 1.54) is 18.3 Å². The molecule has 7 nitrogen and oxygen atoms in total. The number of anilines is 1. The van der Waals surface area contributed by atoms with Crippen LogP contribution in [0.15, 0.2) is 48.9 Å². The molecular weight excluding hydrogens is 410 g/mol. The lowest BCUT2D eigenvalue weighted by Crippen LogP contribution is -2.07. The number of rotatable bonds is 5. The van der Waals surface area contributed by atoms with Gasteiger partial charge in [0.25, 0.3) is 0 Å². The zero-order valence-corrected chi connectivity index (χ0v) is 16.9. The van der Waals surface area contributed by atoms with Gasteiger partial charge >= 0.3 is 0 Å². The average molecular weight is 426 g/mol. The van der Waals surface area contributed by atoms with Crippen LogP contribution in [-0.2, 0) is 11.4 Å². The molecule has 3 aromatic heterocycles. The van der Waals surface area contributed by atoms with Crippen molar-refractivity contribution in [1.29, 1.82) is 0 Å². The largest absolute Gasteiger partial charge is 0.392 e. The highest BCUT2D eigenvalue weighted by Gasteiger charge is 2.20. The average Bonchev–Trinajstić information content (AvgIpc) is 3.38. The molecule has 9 heteroatoms. The van der Waals surface area contributed by atoms with Crippen molar-refractivity contribution in [1.82, 2.24) is 19.9 Å². The SMILES string of the molecule is CC(=O)Nc1cc(-c2nc(-c3cc(CO)ccc3Cl)c(-c3ncc[nH]3)s2)ccn1. The first-order valence-corrected chi connectivity index (χ1v) is 9.89. The Labute approximate surface area is 175 Å². The molecule has 146 valence electrons. The summed E-state index contributed by atoms with van der Waals surface area (Å²) in [5, 5.41) is 13.5. The topological polar surface area (TPSA) is 104 Å². The van der Waals surface area contributed by atoms with Crippen LogP contribution >= 0.6 is 22.9 Å². The number of aromatic nitrogens is 4.